The fourth-order valence-corrected chi connectivity index (χ4v) is 5.92. The Bertz CT molecular complexity index is 716. The van der Waals surface area contributed by atoms with Crippen molar-refractivity contribution < 1.29 is 28.4 Å². The minimum atomic E-state index is -3.73. The summed E-state index contributed by atoms with van der Waals surface area (Å²) in [6.07, 6.45) is 1.60. The number of ether oxygens (including phenoxy) is 1. The molecule has 1 aromatic carbocycles. The van der Waals surface area contributed by atoms with Gasteiger partial charge in [-0.2, -0.15) is 0 Å². The molecule has 2 atom stereocenters. The monoisotopic (exact) mass is 384 g/mol. The van der Waals surface area contributed by atoms with Crippen LogP contribution in [-0.2, 0) is 19.6 Å². The van der Waals surface area contributed by atoms with Gasteiger partial charge in [0.15, 0.2) is 0 Å². The summed E-state index contributed by atoms with van der Waals surface area (Å²) in [5, 5.41) is 16.5. The van der Waals surface area contributed by atoms with Crippen LogP contribution in [-0.4, -0.2) is 65.8 Å². The van der Waals surface area contributed by atoms with Gasteiger partial charge < -0.3 is 4.74 Å². The maximum Gasteiger partial charge on any atom is 0.279 e. The van der Waals surface area contributed by atoms with E-state index < -0.39 is 32.3 Å². The van der Waals surface area contributed by atoms with Gasteiger partial charge in [0.05, 0.1) is 17.8 Å². The first kappa shape index (κ1) is 19.2. The van der Waals surface area contributed by atoms with Gasteiger partial charge in [-0.05, 0) is 30.7 Å². The van der Waals surface area contributed by atoms with E-state index in [9.17, 15) is 13.2 Å². The van der Waals surface area contributed by atoms with E-state index in [1.807, 2.05) is 18.2 Å². The predicted octanol–water partition coefficient (Wildman–Crippen LogP) is 1.21. The zero-order valence-corrected chi connectivity index (χ0v) is 15.2. The van der Waals surface area contributed by atoms with Crippen molar-refractivity contribution in [2.24, 2.45) is 5.92 Å². The van der Waals surface area contributed by atoms with Crippen molar-refractivity contribution in [1.82, 2.24) is 9.53 Å². The minimum absolute atomic E-state index is 0.138. The van der Waals surface area contributed by atoms with Gasteiger partial charge in [-0.3, -0.25) is 15.2 Å². The lowest BCUT2D eigenvalue weighted by Crippen LogP contribution is -2.52. The molecule has 0 aromatic heterocycles. The summed E-state index contributed by atoms with van der Waals surface area (Å²) in [6.45, 7) is 0.871. The fraction of sp³-hybridized carbons (Fsp3) is 0.588. The largest absolute Gasteiger partial charge is 0.381 e. The summed E-state index contributed by atoms with van der Waals surface area (Å²) in [7, 11) is -3.73. The molecule has 8 nitrogen and oxygen atoms in total. The third-order valence-electron chi connectivity index (χ3n) is 5.27. The molecular formula is C17H24N2O6S. The van der Waals surface area contributed by atoms with Gasteiger partial charge in [-0.25, -0.2) is 12.7 Å². The van der Waals surface area contributed by atoms with Gasteiger partial charge in [0.25, 0.3) is 5.91 Å². The number of nitrogens with zero attached hydrogens (tertiary/aromatic N) is 2. The maximum atomic E-state index is 13.1. The van der Waals surface area contributed by atoms with E-state index >= 15 is 0 Å². The average molecular weight is 384 g/mol. The summed E-state index contributed by atoms with van der Waals surface area (Å²) < 4.78 is 32.7. The number of amides is 1. The lowest BCUT2D eigenvalue weighted by molar-refractivity contribution is -0.289. The van der Waals surface area contributed by atoms with Gasteiger partial charge >= 0.3 is 0 Å². The standard InChI is InChI=1S/C17H24N2O6S/c20-17(19(21)22)15-12-25-11-8-16(15)26(23,24)18-9-6-14(7-10-18)13-4-2-1-3-5-13/h1-5,14-16,21-22H,6-12H2. The molecule has 2 N–H and O–H groups in total. The SMILES string of the molecule is O=C(C1COCCC1S(=O)(=O)N1CCC(c2ccccc2)CC1)N(O)O. The molecule has 3 rings (SSSR count). The van der Waals surface area contributed by atoms with Crippen molar-refractivity contribution >= 4 is 15.9 Å². The Kier molecular flexibility index (Phi) is 5.93. The fourth-order valence-electron chi connectivity index (χ4n) is 3.81. The van der Waals surface area contributed by atoms with E-state index in [4.69, 9.17) is 15.2 Å². The second-order valence-corrected chi connectivity index (χ2v) is 8.92. The Morgan fingerprint density at radius 2 is 1.77 bits per heavy atom. The highest BCUT2D eigenvalue weighted by Crippen LogP contribution is 2.32. The van der Waals surface area contributed by atoms with Gasteiger partial charge in [0.1, 0.15) is 0 Å². The van der Waals surface area contributed by atoms with Crippen LogP contribution in [0.2, 0.25) is 0 Å². The molecule has 9 heteroatoms. The zero-order valence-electron chi connectivity index (χ0n) is 14.4. The molecule has 2 heterocycles. The molecule has 0 radical (unpaired) electrons. The number of hydroxylamine groups is 2. The van der Waals surface area contributed by atoms with Crippen molar-refractivity contribution in [1.29, 1.82) is 0 Å². The third kappa shape index (κ3) is 3.91. The number of carbonyl (C=O) groups excluding carboxylic acids is 1. The van der Waals surface area contributed by atoms with Crippen molar-refractivity contribution in [2.45, 2.75) is 30.4 Å². The number of sulfonamides is 1. The van der Waals surface area contributed by atoms with Crippen molar-refractivity contribution in [3.63, 3.8) is 0 Å². The van der Waals surface area contributed by atoms with Gasteiger partial charge in [0.2, 0.25) is 10.0 Å². The Hall–Kier alpha value is -1.52. The minimum Gasteiger partial charge on any atom is -0.381 e. The van der Waals surface area contributed by atoms with Crippen LogP contribution in [0.5, 0.6) is 0 Å². The van der Waals surface area contributed by atoms with Crippen LogP contribution in [0.4, 0.5) is 0 Å². The molecule has 26 heavy (non-hydrogen) atoms. The number of benzene rings is 1. The second-order valence-electron chi connectivity index (χ2n) is 6.77. The lowest BCUT2D eigenvalue weighted by atomic mass is 9.90. The lowest BCUT2D eigenvalue weighted by Gasteiger charge is -2.37. The summed E-state index contributed by atoms with van der Waals surface area (Å²) in [4.78, 5) is 11.9. The van der Waals surface area contributed by atoms with Crippen LogP contribution in [0.1, 0.15) is 30.7 Å². The normalized spacial score (nSPS) is 25.8. The molecule has 0 bridgehead atoms. The number of piperidine rings is 1. The molecule has 2 fully saturated rings. The molecule has 2 unspecified atom stereocenters. The molecular weight excluding hydrogens is 360 g/mol. The van der Waals surface area contributed by atoms with E-state index in [1.165, 1.54) is 9.87 Å². The summed E-state index contributed by atoms with van der Waals surface area (Å²) in [6, 6.07) is 10.0. The van der Waals surface area contributed by atoms with Crippen LogP contribution < -0.4 is 0 Å². The van der Waals surface area contributed by atoms with Crippen LogP contribution >= 0.6 is 0 Å². The molecule has 0 aliphatic carbocycles. The second kappa shape index (κ2) is 8.01. The average Bonchev–Trinajstić information content (AvgIpc) is 2.68. The first-order valence-corrected chi connectivity index (χ1v) is 10.2. The van der Waals surface area contributed by atoms with Crippen LogP contribution in [0.15, 0.2) is 30.3 Å². The van der Waals surface area contributed by atoms with Crippen molar-refractivity contribution in [2.75, 3.05) is 26.3 Å². The Morgan fingerprint density at radius 1 is 1.12 bits per heavy atom. The zero-order chi connectivity index (χ0) is 18.7. The third-order valence-corrected chi connectivity index (χ3v) is 7.69. The van der Waals surface area contributed by atoms with Crippen LogP contribution in [0, 0.1) is 5.92 Å². The van der Waals surface area contributed by atoms with Gasteiger partial charge in [-0.1, -0.05) is 35.6 Å². The smallest absolute Gasteiger partial charge is 0.279 e. The number of hydrogen-bond donors (Lipinski definition) is 2. The Balaban J connectivity index is 1.71. The number of carbonyl (C=O) groups is 1. The van der Waals surface area contributed by atoms with Crippen molar-refractivity contribution in [3.05, 3.63) is 35.9 Å². The quantitative estimate of drug-likeness (QED) is 0.597. The van der Waals surface area contributed by atoms with E-state index in [2.05, 4.69) is 12.1 Å². The van der Waals surface area contributed by atoms with E-state index in [0.717, 1.165) is 12.8 Å². The summed E-state index contributed by atoms with van der Waals surface area (Å²) >= 11 is 0. The Morgan fingerprint density at radius 3 is 2.38 bits per heavy atom. The summed E-state index contributed by atoms with van der Waals surface area (Å²) in [5.74, 6) is -1.85. The summed E-state index contributed by atoms with van der Waals surface area (Å²) in [5.41, 5.74) is 1.21. The highest BCUT2D eigenvalue weighted by Gasteiger charge is 2.45. The molecule has 1 aromatic rings. The molecule has 0 spiro atoms. The first-order valence-electron chi connectivity index (χ1n) is 8.74. The van der Waals surface area contributed by atoms with Gasteiger partial charge in [0, 0.05) is 19.7 Å². The van der Waals surface area contributed by atoms with Gasteiger partial charge in [-0.15, -0.1) is 0 Å². The first-order chi connectivity index (χ1) is 12.4. The maximum absolute atomic E-state index is 13.1. The highest BCUT2D eigenvalue weighted by molar-refractivity contribution is 7.89. The molecule has 144 valence electrons. The molecule has 2 saturated heterocycles. The Labute approximate surface area is 152 Å². The predicted molar refractivity (Wildman–Crippen MR) is 92.0 cm³/mol. The molecule has 2 aliphatic heterocycles. The molecule has 1 amide bonds. The molecule has 0 saturated carbocycles. The van der Waals surface area contributed by atoms with E-state index in [1.54, 1.807) is 0 Å². The topological polar surface area (TPSA) is 107 Å². The molecule has 2 aliphatic rings. The highest BCUT2D eigenvalue weighted by atomic mass is 32.2. The van der Waals surface area contributed by atoms with E-state index in [-0.39, 0.29) is 19.6 Å². The number of rotatable bonds is 4. The van der Waals surface area contributed by atoms with Crippen LogP contribution in [0.3, 0.4) is 0 Å². The van der Waals surface area contributed by atoms with Crippen molar-refractivity contribution in [3.8, 4) is 0 Å². The van der Waals surface area contributed by atoms with E-state index in [0.29, 0.717) is 19.0 Å². The van der Waals surface area contributed by atoms with Crippen LogP contribution in [0.25, 0.3) is 0 Å². The number of hydrogen-bond acceptors (Lipinski definition) is 6.